The Labute approximate surface area is 125 Å². The van der Waals surface area contributed by atoms with Gasteiger partial charge in [0.05, 0.1) is 26.5 Å². The monoisotopic (exact) mass is 293 g/mol. The summed E-state index contributed by atoms with van der Waals surface area (Å²) < 4.78 is 10.4. The Balaban J connectivity index is 1.95. The van der Waals surface area contributed by atoms with Crippen molar-refractivity contribution in [3.63, 3.8) is 0 Å². The lowest BCUT2D eigenvalue weighted by molar-refractivity contribution is -0.117. The van der Waals surface area contributed by atoms with E-state index < -0.39 is 0 Å². The summed E-state index contributed by atoms with van der Waals surface area (Å²) in [6.07, 6.45) is 1.88. The van der Waals surface area contributed by atoms with E-state index in [1.165, 1.54) is 0 Å². The van der Waals surface area contributed by atoms with Gasteiger partial charge in [0, 0.05) is 25.2 Å². The molecule has 0 bridgehead atoms. The summed E-state index contributed by atoms with van der Waals surface area (Å²) in [5, 5.41) is 2.88. The molecule has 1 aromatic carbocycles. The van der Waals surface area contributed by atoms with Gasteiger partial charge in [0.25, 0.3) is 0 Å². The van der Waals surface area contributed by atoms with Crippen molar-refractivity contribution in [1.82, 2.24) is 4.90 Å². The molecule has 21 heavy (non-hydrogen) atoms. The molecule has 116 valence electrons. The fourth-order valence-electron chi connectivity index (χ4n) is 2.42. The summed E-state index contributed by atoms with van der Waals surface area (Å²) in [6.45, 7) is 2.10. The van der Waals surface area contributed by atoms with Crippen molar-refractivity contribution < 1.29 is 14.3 Å². The third-order valence-corrected chi connectivity index (χ3v) is 3.68. The molecule has 0 atom stereocenters. The van der Waals surface area contributed by atoms with Crippen LogP contribution in [0.15, 0.2) is 18.2 Å². The molecule has 0 unspecified atom stereocenters. The van der Waals surface area contributed by atoms with Crippen molar-refractivity contribution in [2.45, 2.75) is 18.9 Å². The molecule has 1 aliphatic heterocycles. The van der Waals surface area contributed by atoms with Gasteiger partial charge in [0.15, 0.2) is 0 Å². The molecule has 1 fully saturated rings. The zero-order valence-corrected chi connectivity index (χ0v) is 12.6. The number of hydrogen-bond donors (Lipinski definition) is 2. The van der Waals surface area contributed by atoms with Crippen LogP contribution in [0.4, 0.5) is 5.69 Å². The molecule has 2 rings (SSSR count). The molecule has 3 N–H and O–H groups in total. The first kappa shape index (κ1) is 15.6. The van der Waals surface area contributed by atoms with Crippen LogP contribution in [0, 0.1) is 0 Å². The molecule has 0 radical (unpaired) electrons. The molecule has 6 heteroatoms. The van der Waals surface area contributed by atoms with Crippen molar-refractivity contribution >= 4 is 11.6 Å². The first-order valence-corrected chi connectivity index (χ1v) is 7.12. The number of likely N-dealkylation sites (tertiary alicyclic amines) is 1. The number of nitrogens with one attached hydrogen (secondary N) is 1. The highest BCUT2D eigenvalue weighted by molar-refractivity contribution is 5.94. The van der Waals surface area contributed by atoms with Crippen LogP contribution in [0.5, 0.6) is 11.5 Å². The summed E-state index contributed by atoms with van der Waals surface area (Å²) in [6, 6.07) is 5.58. The fraction of sp³-hybridized carbons (Fsp3) is 0.533. The Bertz CT molecular complexity index is 485. The molecule has 0 spiro atoms. The van der Waals surface area contributed by atoms with Crippen molar-refractivity contribution in [2.75, 3.05) is 39.2 Å². The van der Waals surface area contributed by atoms with E-state index in [0.717, 1.165) is 25.9 Å². The standard InChI is InChI=1S/C15H23N3O3/c1-20-12-3-4-14(21-2)13(9-12)17-15(19)10-18-7-5-11(16)6-8-18/h3-4,9,11H,5-8,10,16H2,1-2H3,(H,17,19). The minimum Gasteiger partial charge on any atom is -0.497 e. The van der Waals surface area contributed by atoms with Crippen molar-refractivity contribution in [1.29, 1.82) is 0 Å². The summed E-state index contributed by atoms with van der Waals surface area (Å²) in [4.78, 5) is 14.3. The second-order valence-corrected chi connectivity index (χ2v) is 5.23. The van der Waals surface area contributed by atoms with Crippen LogP contribution >= 0.6 is 0 Å². The van der Waals surface area contributed by atoms with E-state index in [2.05, 4.69) is 10.2 Å². The van der Waals surface area contributed by atoms with Crippen LogP contribution in [-0.4, -0.2) is 50.7 Å². The van der Waals surface area contributed by atoms with Crippen LogP contribution in [0.25, 0.3) is 0 Å². The van der Waals surface area contributed by atoms with E-state index in [4.69, 9.17) is 15.2 Å². The summed E-state index contributed by atoms with van der Waals surface area (Å²) in [7, 11) is 3.16. The highest BCUT2D eigenvalue weighted by Gasteiger charge is 2.19. The van der Waals surface area contributed by atoms with Gasteiger partial charge in [-0.15, -0.1) is 0 Å². The number of nitrogens with two attached hydrogens (primary N) is 1. The molecule has 1 aliphatic rings. The second kappa shape index (κ2) is 7.28. The van der Waals surface area contributed by atoms with Gasteiger partial charge in [-0.05, 0) is 25.0 Å². The van der Waals surface area contributed by atoms with Crippen LogP contribution in [-0.2, 0) is 4.79 Å². The average Bonchev–Trinajstić information content (AvgIpc) is 2.49. The number of ether oxygens (including phenoxy) is 2. The van der Waals surface area contributed by atoms with Gasteiger partial charge < -0.3 is 20.5 Å². The van der Waals surface area contributed by atoms with Gasteiger partial charge in [-0.25, -0.2) is 0 Å². The molecule has 1 saturated heterocycles. The number of nitrogens with zero attached hydrogens (tertiary/aromatic N) is 1. The average molecular weight is 293 g/mol. The van der Waals surface area contributed by atoms with E-state index >= 15 is 0 Å². The van der Waals surface area contributed by atoms with Gasteiger partial charge in [-0.3, -0.25) is 9.69 Å². The number of methoxy groups -OCH3 is 2. The van der Waals surface area contributed by atoms with Gasteiger partial charge >= 0.3 is 0 Å². The quantitative estimate of drug-likeness (QED) is 0.849. The minimum absolute atomic E-state index is 0.0583. The predicted molar refractivity (Wildman–Crippen MR) is 81.8 cm³/mol. The van der Waals surface area contributed by atoms with Gasteiger partial charge in [-0.2, -0.15) is 0 Å². The Kier molecular flexibility index (Phi) is 5.41. The maximum Gasteiger partial charge on any atom is 0.238 e. The number of benzene rings is 1. The molecule has 0 saturated carbocycles. The number of amides is 1. The van der Waals surface area contributed by atoms with Crippen LogP contribution < -0.4 is 20.5 Å². The first-order valence-electron chi connectivity index (χ1n) is 7.12. The molecular weight excluding hydrogens is 270 g/mol. The van der Waals surface area contributed by atoms with Gasteiger partial charge in [0.2, 0.25) is 5.91 Å². The zero-order chi connectivity index (χ0) is 15.2. The number of piperidine rings is 1. The van der Waals surface area contributed by atoms with Gasteiger partial charge in [0.1, 0.15) is 11.5 Å². The summed E-state index contributed by atoms with van der Waals surface area (Å²) in [5.74, 6) is 1.23. The molecule has 0 aliphatic carbocycles. The first-order chi connectivity index (χ1) is 10.1. The maximum atomic E-state index is 12.1. The lowest BCUT2D eigenvalue weighted by Gasteiger charge is -2.29. The van der Waals surface area contributed by atoms with Gasteiger partial charge in [-0.1, -0.05) is 0 Å². The summed E-state index contributed by atoms with van der Waals surface area (Å²) in [5.41, 5.74) is 6.48. The molecule has 1 aromatic rings. The van der Waals surface area contributed by atoms with E-state index in [-0.39, 0.29) is 11.9 Å². The van der Waals surface area contributed by atoms with Crippen molar-refractivity contribution in [2.24, 2.45) is 5.73 Å². The Hall–Kier alpha value is -1.79. The lowest BCUT2D eigenvalue weighted by atomic mass is 10.1. The number of anilines is 1. The van der Waals surface area contributed by atoms with Crippen molar-refractivity contribution in [3.8, 4) is 11.5 Å². The fourth-order valence-corrected chi connectivity index (χ4v) is 2.42. The number of carbonyl (C=O) groups is 1. The van der Waals surface area contributed by atoms with E-state index in [1.54, 1.807) is 32.4 Å². The maximum absolute atomic E-state index is 12.1. The minimum atomic E-state index is -0.0583. The van der Waals surface area contributed by atoms with Crippen LogP contribution in [0.1, 0.15) is 12.8 Å². The SMILES string of the molecule is COc1ccc(OC)c(NC(=O)CN2CCC(N)CC2)c1. The van der Waals surface area contributed by atoms with E-state index in [9.17, 15) is 4.79 Å². The lowest BCUT2D eigenvalue weighted by Crippen LogP contribution is -2.43. The molecule has 0 aromatic heterocycles. The van der Waals surface area contributed by atoms with Crippen LogP contribution in [0.2, 0.25) is 0 Å². The Morgan fingerprint density at radius 3 is 2.67 bits per heavy atom. The predicted octanol–water partition coefficient (Wildman–Crippen LogP) is 1.07. The smallest absolute Gasteiger partial charge is 0.238 e. The number of rotatable bonds is 5. The van der Waals surface area contributed by atoms with Crippen LogP contribution in [0.3, 0.4) is 0 Å². The molecular formula is C15H23N3O3. The molecule has 1 heterocycles. The number of hydrogen-bond acceptors (Lipinski definition) is 5. The molecule has 6 nitrogen and oxygen atoms in total. The third-order valence-electron chi connectivity index (χ3n) is 3.68. The second-order valence-electron chi connectivity index (χ2n) is 5.23. The number of carbonyl (C=O) groups excluding carboxylic acids is 1. The highest BCUT2D eigenvalue weighted by Crippen LogP contribution is 2.28. The zero-order valence-electron chi connectivity index (χ0n) is 12.6. The Morgan fingerprint density at radius 1 is 1.33 bits per heavy atom. The van der Waals surface area contributed by atoms with Crippen molar-refractivity contribution in [3.05, 3.63) is 18.2 Å². The van der Waals surface area contributed by atoms with E-state index in [0.29, 0.717) is 23.7 Å². The topological polar surface area (TPSA) is 76.8 Å². The largest absolute Gasteiger partial charge is 0.497 e. The highest BCUT2D eigenvalue weighted by atomic mass is 16.5. The normalized spacial score (nSPS) is 16.5. The summed E-state index contributed by atoms with van der Waals surface area (Å²) >= 11 is 0. The Morgan fingerprint density at radius 2 is 2.05 bits per heavy atom. The van der Waals surface area contributed by atoms with E-state index in [1.807, 2.05) is 0 Å². The molecule has 1 amide bonds. The third kappa shape index (κ3) is 4.34.